The molecule has 2 N–H and O–H groups in total. The Morgan fingerprint density at radius 3 is 2.11 bits per heavy atom. The summed E-state index contributed by atoms with van der Waals surface area (Å²) in [5, 5.41) is 8.50. The van der Waals surface area contributed by atoms with Crippen LogP contribution in [0, 0.1) is 17.2 Å². The first kappa shape index (κ1) is 8.45. The minimum atomic E-state index is 0.0509. The van der Waals surface area contributed by atoms with E-state index in [1.807, 2.05) is 13.8 Å². The fourth-order valence-corrected chi connectivity index (χ4v) is 0.774. The van der Waals surface area contributed by atoms with Gasteiger partial charge >= 0.3 is 0 Å². The van der Waals surface area contributed by atoms with Gasteiger partial charge in [-0.2, -0.15) is 5.26 Å². The largest absolute Gasteiger partial charge is 0.327 e. The number of hydrogen-bond acceptors (Lipinski definition) is 2. The second-order valence-electron chi connectivity index (χ2n) is 2.22. The highest BCUT2D eigenvalue weighted by atomic mass is 14.6. The fourth-order valence-electron chi connectivity index (χ4n) is 0.774. The van der Waals surface area contributed by atoms with Crippen molar-refractivity contribution < 1.29 is 0 Å². The van der Waals surface area contributed by atoms with E-state index >= 15 is 0 Å². The molecular weight excluding hydrogens is 112 g/mol. The van der Waals surface area contributed by atoms with Crippen LogP contribution in [0.5, 0.6) is 0 Å². The van der Waals surface area contributed by atoms with Crippen molar-refractivity contribution in [3.05, 3.63) is 0 Å². The van der Waals surface area contributed by atoms with Crippen molar-refractivity contribution in [3.8, 4) is 6.07 Å². The molecule has 0 aromatic rings. The fraction of sp³-hybridized carbons (Fsp3) is 0.857. The summed E-state index contributed by atoms with van der Waals surface area (Å²) in [5.41, 5.74) is 5.62. The minimum absolute atomic E-state index is 0.0509. The second kappa shape index (κ2) is 4.34. The Labute approximate surface area is 56.7 Å². The van der Waals surface area contributed by atoms with Gasteiger partial charge in [0.1, 0.15) is 0 Å². The average molecular weight is 126 g/mol. The zero-order valence-electron chi connectivity index (χ0n) is 6.09. The standard InChI is InChI=1S/C7H14N2/c1-3-6(5-8)7(9)4-2/h6-7H,3-4,9H2,1-2H3. The van der Waals surface area contributed by atoms with Gasteiger partial charge in [-0.1, -0.05) is 13.8 Å². The molecule has 0 aromatic heterocycles. The number of nitriles is 1. The van der Waals surface area contributed by atoms with Crippen LogP contribution in [0.2, 0.25) is 0 Å². The Morgan fingerprint density at radius 2 is 2.00 bits per heavy atom. The Balaban J connectivity index is 3.68. The van der Waals surface area contributed by atoms with Crippen LogP contribution in [0.4, 0.5) is 0 Å². The Morgan fingerprint density at radius 1 is 1.44 bits per heavy atom. The Hall–Kier alpha value is -0.550. The van der Waals surface area contributed by atoms with Gasteiger partial charge < -0.3 is 5.73 Å². The van der Waals surface area contributed by atoms with Crippen LogP contribution in [0.15, 0.2) is 0 Å². The highest BCUT2D eigenvalue weighted by molar-refractivity contribution is 4.88. The summed E-state index contributed by atoms with van der Waals surface area (Å²) in [6.07, 6.45) is 1.76. The van der Waals surface area contributed by atoms with Crippen LogP contribution >= 0.6 is 0 Å². The molecule has 0 aliphatic heterocycles. The van der Waals surface area contributed by atoms with Gasteiger partial charge in [0.2, 0.25) is 0 Å². The van der Waals surface area contributed by atoms with Crippen molar-refractivity contribution >= 4 is 0 Å². The Kier molecular flexibility index (Phi) is 4.08. The SMILES string of the molecule is CCC(N)C(C#N)CC. The summed E-state index contributed by atoms with van der Waals surface area (Å²) < 4.78 is 0. The van der Waals surface area contributed by atoms with E-state index in [0.29, 0.717) is 0 Å². The molecule has 0 saturated carbocycles. The van der Waals surface area contributed by atoms with E-state index in [-0.39, 0.29) is 12.0 Å². The van der Waals surface area contributed by atoms with Gasteiger partial charge in [-0.15, -0.1) is 0 Å². The second-order valence-corrected chi connectivity index (χ2v) is 2.22. The van der Waals surface area contributed by atoms with Crippen LogP contribution in [-0.4, -0.2) is 6.04 Å². The molecule has 0 rings (SSSR count). The summed E-state index contributed by atoms with van der Waals surface area (Å²) in [5.74, 6) is 0.0509. The van der Waals surface area contributed by atoms with E-state index < -0.39 is 0 Å². The van der Waals surface area contributed by atoms with Crippen molar-refractivity contribution in [2.45, 2.75) is 32.7 Å². The quantitative estimate of drug-likeness (QED) is 0.619. The summed E-state index contributed by atoms with van der Waals surface area (Å²) in [4.78, 5) is 0. The number of hydrogen-bond donors (Lipinski definition) is 1. The van der Waals surface area contributed by atoms with Crippen LogP contribution in [0.25, 0.3) is 0 Å². The zero-order chi connectivity index (χ0) is 7.28. The van der Waals surface area contributed by atoms with E-state index in [9.17, 15) is 0 Å². The van der Waals surface area contributed by atoms with E-state index in [1.54, 1.807) is 0 Å². The van der Waals surface area contributed by atoms with Crippen molar-refractivity contribution in [3.63, 3.8) is 0 Å². The monoisotopic (exact) mass is 126 g/mol. The molecule has 0 radical (unpaired) electrons. The van der Waals surface area contributed by atoms with Crippen LogP contribution in [0.3, 0.4) is 0 Å². The molecule has 9 heavy (non-hydrogen) atoms. The van der Waals surface area contributed by atoms with E-state index in [2.05, 4.69) is 6.07 Å². The van der Waals surface area contributed by atoms with Gasteiger partial charge in [-0.3, -0.25) is 0 Å². The van der Waals surface area contributed by atoms with Crippen LogP contribution in [-0.2, 0) is 0 Å². The topological polar surface area (TPSA) is 49.8 Å². The molecule has 0 saturated heterocycles. The summed E-state index contributed by atoms with van der Waals surface area (Å²) >= 11 is 0. The third-order valence-corrected chi connectivity index (χ3v) is 1.59. The molecule has 0 aromatic carbocycles. The molecule has 2 atom stereocenters. The lowest BCUT2D eigenvalue weighted by Gasteiger charge is -2.12. The molecule has 2 heteroatoms. The highest BCUT2D eigenvalue weighted by Crippen LogP contribution is 2.06. The summed E-state index contributed by atoms with van der Waals surface area (Å²) in [6, 6.07) is 2.25. The van der Waals surface area contributed by atoms with Gasteiger partial charge in [0, 0.05) is 6.04 Å². The number of nitrogens with two attached hydrogens (primary N) is 1. The van der Waals surface area contributed by atoms with Gasteiger partial charge in [-0.25, -0.2) is 0 Å². The van der Waals surface area contributed by atoms with Gasteiger partial charge in [0.05, 0.1) is 12.0 Å². The first-order chi connectivity index (χ1) is 4.26. The van der Waals surface area contributed by atoms with Gasteiger partial charge in [0.15, 0.2) is 0 Å². The maximum absolute atomic E-state index is 8.50. The van der Waals surface area contributed by atoms with Crippen molar-refractivity contribution in [2.24, 2.45) is 11.7 Å². The molecule has 0 heterocycles. The summed E-state index contributed by atoms with van der Waals surface area (Å²) in [6.45, 7) is 3.99. The van der Waals surface area contributed by atoms with Crippen molar-refractivity contribution in [1.82, 2.24) is 0 Å². The molecule has 52 valence electrons. The van der Waals surface area contributed by atoms with Gasteiger partial charge in [-0.05, 0) is 12.8 Å². The highest BCUT2D eigenvalue weighted by Gasteiger charge is 2.11. The lowest BCUT2D eigenvalue weighted by atomic mass is 9.98. The van der Waals surface area contributed by atoms with E-state index in [0.717, 1.165) is 12.8 Å². The van der Waals surface area contributed by atoms with Crippen LogP contribution < -0.4 is 5.73 Å². The molecule has 0 spiro atoms. The van der Waals surface area contributed by atoms with E-state index in [1.165, 1.54) is 0 Å². The molecule has 0 amide bonds. The van der Waals surface area contributed by atoms with Crippen molar-refractivity contribution in [2.75, 3.05) is 0 Å². The third-order valence-electron chi connectivity index (χ3n) is 1.59. The number of nitrogens with zero attached hydrogens (tertiary/aromatic N) is 1. The molecule has 0 aliphatic carbocycles. The predicted molar refractivity (Wildman–Crippen MR) is 37.7 cm³/mol. The smallest absolute Gasteiger partial charge is 0.0672 e. The molecule has 0 bridgehead atoms. The molecule has 2 nitrogen and oxygen atoms in total. The normalized spacial score (nSPS) is 16.2. The minimum Gasteiger partial charge on any atom is -0.327 e. The van der Waals surface area contributed by atoms with Crippen LogP contribution in [0.1, 0.15) is 26.7 Å². The maximum atomic E-state index is 8.50. The zero-order valence-corrected chi connectivity index (χ0v) is 6.09. The first-order valence-electron chi connectivity index (χ1n) is 3.41. The lowest BCUT2D eigenvalue weighted by molar-refractivity contribution is 0.486. The average Bonchev–Trinajstić information content (AvgIpc) is 1.90. The Bertz CT molecular complexity index is 104. The molecule has 0 fully saturated rings. The third kappa shape index (κ3) is 2.48. The molecule has 2 unspecified atom stereocenters. The maximum Gasteiger partial charge on any atom is 0.0672 e. The first-order valence-corrected chi connectivity index (χ1v) is 3.41. The molecular formula is C7H14N2. The predicted octanol–water partition coefficient (Wildman–Crippen LogP) is 1.27. The van der Waals surface area contributed by atoms with Crippen molar-refractivity contribution in [1.29, 1.82) is 5.26 Å². The lowest BCUT2D eigenvalue weighted by Crippen LogP contribution is -2.27. The van der Waals surface area contributed by atoms with Gasteiger partial charge in [0.25, 0.3) is 0 Å². The molecule has 0 aliphatic rings. The summed E-state index contributed by atoms with van der Waals surface area (Å²) in [7, 11) is 0. The number of rotatable bonds is 3. The van der Waals surface area contributed by atoms with E-state index in [4.69, 9.17) is 11.0 Å².